The normalized spacial score (nSPS) is 12.3. The van der Waals surface area contributed by atoms with Crippen LogP contribution in [0.25, 0.3) is 0 Å². The molecule has 0 aromatic heterocycles. The molecular formula is C16H18NO4P. The van der Waals surface area contributed by atoms with E-state index in [2.05, 4.69) is 5.32 Å². The van der Waals surface area contributed by atoms with Gasteiger partial charge in [-0.05, 0) is 31.2 Å². The lowest BCUT2D eigenvalue weighted by Gasteiger charge is -2.25. The number of rotatable bonds is 6. The van der Waals surface area contributed by atoms with Gasteiger partial charge in [-0.1, -0.05) is 36.4 Å². The quantitative estimate of drug-likeness (QED) is 0.822. The average Bonchev–Trinajstić information content (AvgIpc) is 2.48. The molecule has 1 amide bonds. The van der Waals surface area contributed by atoms with E-state index in [1.165, 1.54) is 6.92 Å². The molecule has 0 aliphatic carbocycles. The number of benzene rings is 2. The van der Waals surface area contributed by atoms with Crippen molar-refractivity contribution in [3.05, 3.63) is 60.7 Å². The molecule has 0 heterocycles. The van der Waals surface area contributed by atoms with Gasteiger partial charge in [-0.3, -0.25) is 4.79 Å². The zero-order chi connectivity index (χ0) is 16.0. The van der Waals surface area contributed by atoms with Crippen molar-refractivity contribution in [1.29, 1.82) is 0 Å². The molecule has 5 nitrogen and oxygen atoms in total. The molecule has 1 atom stereocenters. The monoisotopic (exact) mass is 319 g/mol. The third-order valence-electron chi connectivity index (χ3n) is 2.84. The first-order valence-electron chi connectivity index (χ1n) is 6.86. The van der Waals surface area contributed by atoms with Gasteiger partial charge in [0.25, 0.3) is 0 Å². The molecule has 1 N–H and O–H groups in total. The zero-order valence-electron chi connectivity index (χ0n) is 12.4. The van der Waals surface area contributed by atoms with Crippen molar-refractivity contribution in [1.82, 2.24) is 5.32 Å². The molecule has 0 fully saturated rings. The summed E-state index contributed by atoms with van der Waals surface area (Å²) in [7, 11) is -3.64. The topological polar surface area (TPSA) is 64.6 Å². The van der Waals surface area contributed by atoms with Gasteiger partial charge in [-0.2, -0.15) is 0 Å². The van der Waals surface area contributed by atoms with Gasteiger partial charge in [0, 0.05) is 6.92 Å². The highest BCUT2D eigenvalue weighted by molar-refractivity contribution is 7.55. The van der Waals surface area contributed by atoms with Gasteiger partial charge in [-0.15, -0.1) is 0 Å². The number of hydrogen-bond donors (Lipinski definition) is 1. The summed E-state index contributed by atoms with van der Waals surface area (Å²) in [6.45, 7) is 2.94. The summed E-state index contributed by atoms with van der Waals surface area (Å²) in [6.07, 6.45) is 0. The van der Waals surface area contributed by atoms with E-state index in [1.54, 1.807) is 55.5 Å². The fraction of sp³-hybridized carbons (Fsp3) is 0.188. The molecule has 0 bridgehead atoms. The molecule has 0 spiro atoms. The van der Waals surface area contributed by atoms with E-state index < -0.39 is 13.4 Å². The molecule has 116 valence electrons. The second-order valence-corrected chi connectivity index (χ2v) is 6.94. The maximum absolute atomic E-state index is 13.1. The third kappa shape index (κ3) is 4.37. The van der Waals surface area contributed by atoms with Crippen LogP contribution in [-0.2, 0) is 9.36 Å². The summed E-state index contributed by atoms with van der Waals surface area (Å²) in [5.41, 5.74) is 0. The van der Waals surface area contributed by atoms with Crippen LogP contribution in [0.4, 0.5) is 0 Å². The lowest BCUT2D eigenvalue weighted by molar-refractivity contribution is -0.119. The van der Waals surface area contributed by atoms with Gasteiger partial charge in [0.2, 0.25) is 5.91 Å². The smallest absolute Gasteiger partial charge is 0.415 e. The lowest BCUT2D eigenvalue weighted by atomic mass is 10.3. The van der Waals surface area contributed by atoms with Crippen molar-refractivity contribution >= 4 is 13.5 Å². The van der Waals surface area contributed by atoms with E-state index in [-0.39, 0.29) is 5.91 Å². The summed E-state index contributed by atoms with van der Waals surface area (Å²) in [4.78, 5) is 11.3. The fourth-order valence-corrected chi connectivity index (χ4v) is 3.33. The molecule has 22 heavy (non-hydrogen) atoms. The SMILES string of the molecule is CC(=O)NC(C)P(=O)(Oc1ccccc1)Oc1ccccc1. The Kier molecular flexibility index (Phi) is 5.23. The number of hydrogen-bond acceptors (Lipinski definition) is 4. The summed E-state index contributed by atoms with van der Waals surface area (Å²) >= 11 is 0. The molecule has 1 unspecified atom stereocenters. The van der Waals surface area contributed by atoms with Crippen molar-refractivity contribution < 1.29 is 18.4 Å². The van der Waals surface area contributed by atoms with E-state index in [0.29, 0.717) is 11.5 Å². The maximum Gasteiger partial charge on any atom is 0.452 e. The Morgan fingerprint density at radius 3 is 1.73 bits per heavy atom. The van der Waals surface area contributed by atoms with Crippen LogP contribution in [0.2, 0.25) is 0 Å². The van der Waals surface area contributed by atoms with Crippen LogP contribution in [0.3, 0.4) is 0 Å². The van der Waals surface area contributed by atoms with Crippen molar-refractivity contribution in [2.24, 2.45) is 0 Å². The minimum Gasteiger partial charge on any atom is -0.415 e. The van der Waals surface area contributed by atoms with Crippen LogP contribution < -0.4 is 14.4 Å². The molecule has 2 rings (SSSR count). The highest BCUT2D eigenvalue weighted by Gasteiger charge is 2.36. The summed E-state index contributed by atoms with van der Waals surface area (Å²) < 4.78 is 24.3. The fourth-order valence-electron chi connectivity index (χ4n) is 1.81. The van der Waals surface area contributed by atoms with Crippen LogP contribution in [0.1, 0.15) is 13.8 Å². The van der Waals surface area contributed by atoms with E-state index in [1.807, 2.05) is 12.1 Å². The van der Waals surface area contributed by atoms with Crippen molar-refractivity contribution in [3.63, 3.8) is 0 Å². The van der Waals surface area contributed by atoms with Crippen LogP contribution >= 0.6 is 7.60 Å². The Morgan fingerprint density at radius 1 is 0.955 bits per heavy atom. The van der Waals surface area contributed by atoms with E-state index in [4.69, 9.17) is 9.05 Å². The Labute approximate surface area is 129 Å². The predicted molar refractivity (Wildman–Crippen MR) is 85.0 cm³/mol. The molecule has 2 aromatic rings. The largest absolute Gasteiger partial charge is 0.452 e. The first-order chi connectivity index (χ1) is 10.5. The van der Waals surface area contributed by atoms with Gasteiger partial charge < -0.3 is 14.4 Å². The Bertz CT molecular complexity index is 615. The average molecular weight is 319 g/mol. The second kappa shape index (κ2) is 7.14. The summed E-state index contributed by atoms with van der Waals surface area (Å²) in [5, 5.41) is 2.57. The van der Waals surface area contributed by atoms with Crippen molar-refractivity contribution in [3.8, 4) is 11.5 Å². The van der Waals surface area contributed by atoms with E-state index in [9.17, 15) is 9.36 Å². The maximum atomic E-state index is 13.1. The zero-order valence-corrected chi connectivity index (χ0v) is 13.3. The van der Waals surface area contributed by atoms with Gasteiger partial charge >= 0.3 is 7.60 Å². The number of para-hydroxylation sites is 2. The lowest BCUT2D eigenvalue weighted by Crippen LogP contribution is -2.33. The molecule has 0 aliphatic rings. The Balaban J connectivity index is 2.27. The van der Waals surface area contributed by atoms with E-state index in [0.717, 1.165) is 0 Å². The van der Waals surface area contributed by atoms with Crippen LogP contribution in [0.5, 0.6) is 11.5 Å². The number of carbonyl (C=O) groups is 1. The Morgan fingerprint density at radius 2 is 1.36 bits per heavy atom. The second-order valence-electron chi connectivity index (χ2n) is 4.73. The molecule has 0 saturated carbocycles. The molecular weight excluding hydrogens is 301 g/mol. The van der Waals surface area contributed by atoms with Gasteiger partial charge in [0.05, 0.1) is 0 Å². The number of nitrogens with one attached hydrogen (secondary N) is 1. The van der Waals surface area contributed by atoms with Gasteiger partial charge in [0.1, 0.15) is 11.5 Å². The predicted octanol–water partition coefficient (Wildman–Crippen LogP) is 3.82. The molecule has 0 aliphatic heterocycles. The summed E-state index contributed by atoms with van der Waals surface area (Å²) in [6, 6.07) is 17.5. The highest BCUT2D eigenvalue weighted by Crippen LogP contribution is 2.51. The van der Waals surface area contributed by atoms with Crippen LogP contribution in [-0.4, -0.2) is 11.7 Å². The van der Waals surface area contributed by atoms with Crippen molar-refractivity contribution in [2.45, 2.75) is 19.6 Å². The van der Waals surface area contributed by atoms with Crippen LogP contribution in [0, 0.1) is 0 Å². The van der Waals surface area contributed by atoms with E-state index >= 15 is 0 Å². The van der Waals surface area contributed by atoms with Gasteiger partial charge in [-0.25, -0.2) is 4.57 Å². The number of carbonyl (C=O) groups excluding carboxylic acids is 1. The Hall–Kier alpha value is -2.26. The van der Waals surface area contributed by atoms with Crippen molar-refractivity contribution in [2.75, 3.05) is 0 Å². The minimum absolute atomic E-state index is 0.305. The standard InChI is InChI=1S/C16H18NO4P/c1-13(18)17-14(2)22(19,20-15-9-5-3-6-10-15)21-16-11-7-4-8-12-16/h3-12,14H,1-2H3,(H,17,18). The molecule has 0 saturated heterocycles. The molecule has 6 heteroatoms. The first-order valence-corrected chi connectivity index (χ1v) is 8.47. The molecule has 0 radical (unpaired) electrons. The van der Waals surface area contributed by atoms with Gasteiger partial charge in [0.15, 0.2) is 5.78 Å². The first kappa shape index (κ1) is 16.1. The molecule has 2 aromatic carbocycles. The number of amides is 1. The highest BCUT2D eigenvalue weighted by atomic mass is 31.2. The minimum atomic E-state index is -3.64. The van der Waals surface area contributed by atoms with Crippen LogP contribution in [0.15, 0.2) is 60.7 Å². The summed E-state index contributed by atoms with van der Waals surface area (Å²) in [5.74, 6) is -0.260. The third-order valence-corrected chi connectivity index (χ3v) is 4.85.